The van der Waals surface area contributed by atoms with Crippen LogP contribution in [0.3, 0.4) is 0 Å². The summed E-state index contributed by atoms with van der Waals surface area (Å²) in [5.41, 5.74) is 0.0983. The fourth-order valence-electron chi connectivity index (χ4n) is 1.85. The lowest BCUT2D eigenvalue weighted by molar-refractivity contribution is 0.113. The molecule has 0 spiro atoms. The van der Waals surface area contributed by atoms with Crippen LogP contribution in [0.25, 0.3) is 0 Å². The van der Waals surface area contributed by atoms with E-state index in [-0.39, 0.29) is 5.41 Å². The Morgan fingerprint density at radius 2 is 1.88 bits per heavy atom. The van der Waals surface area contributed by atoms with Gasteiger partial charge < -0.3 is 10.4 Å². The van der Waals surface area contributed by atoms with Gasteiger partial charge in [-0.25, -0.2) is 0 Å². The van der Waals surface area contributed by atoms with Crippen molar-refractivity contribution in [2.24, 2.45) is 5.41 Å². The first-order chi connectivity index (χ1) is 7.74. The summed E-state index contributed by atoms with van der Waals surface area (Å²) in [6.07, 6.45) is 8.94. The van der Waals surface area contributed by atoms with E-state index >= 15 is 0 Å². The summed E-state index contributed by atoms with van der Waals surface area (Å²) >= 11 is 0. The molecule has 16 heavy (non-hydrogen) atoms. The molecule has 0 rings (SSSR count). The topological polar surface area (TPSA) is 32.3 Å². The zero-order valence-corrected chi connectivity index (χ0v) is 11.1. The Morgan fingerprint density at radius 1 is 1.19 bits per heavy atom. The monoisotopic (exact) mass is 227 g/mol. The molecule has 96 valence electrons. The van der Waals surface area contributed by atoms with Crippen LogP contribution in [-0.4, -0.2) is 24.8 Å². The molecule has 0 unspecified atom stereocenters. The summed E-state index contributed by atoms with van der Waals surface area (Å²) in [6, 6.07) is 0. The van der Waals surface area contributed by atoms with Gasteiger partial charge >= 0.3 is 0 Å². The third-order valence-corrected chi connectivity index (χ3v) is 3.60. The van der Waals surface area contributed by atoms with E-state index < -0.39 is 0 Å². The van der Waals surface area contributed by atoms with Gasteiger partial charge in [0.2, 0.25) is 0 Å². The van der Waals surface area contributed by atoms with Gasteiger partial charge in [0.15, 0.2) is 0 Å². The number of rotatable bonds is 11. The van der Waals surface area contributed by atoms with Crippen molar-refractivity contribution >= 4 is 0 Å². The van der Waals surface area contributed by atoms with E-state index in [9.17, 15) is 5.11 Å². The van der Waals surface area contributed by atoms with Gasteiger partial charge in [-0.1, -0.05) is 26.3 Å². The van der Waals surface area contributed by atoms with Gasteiger partial charge in [-0.05, 0) is 38.6 Å². The van der Waals surface area contributed by atoms with Crippen molar-refractivity contribution in [3.63, 3.8) is 0 Å². The molecular weight excluding hydrogens is 198 g/mol. The second-order valence-electron chi connectivity index (χ2n) is 4.68. The highest BCUT2D eigenvalue weighted by molar-refractivity contribution is 4.78. The van der Waals surface area contributed by atoms with Crippen molar-refractivity contribution in [2.75, 3.05) is 19.7 Å². The number of hydrogen-bond acceptors (Lipinski definition) is 2. The van der Waals surface area contributed by atoms with E-state index in [0.717, 1.165) is 32.4 Å². The van der Waals surface area contributed by atoms with Crippen LogP contribution >= 0.6 is 0 Å². The summed E-state index contributed by atoms with van der Waals surface area (Å²) in [7, 11) is 0. The molecule has 0 fully saturated rings. The third-order valence-electron chi connectivity index (χ3n) is 3.60. The van der Waals surface area contributed by atoms with E-state index in [1.807, 2.05) is 6.08 Å². The highest BCUT2D eigenvalue weighted by Crippen LogP contribution is 2.24. The summed E-state index contributed by atoms with van der Waals surface area (Å²) in [6.45, 7) is 10.3. The lowest BCUT2D eigenvalue weighted by atomic mass is 9.83. The molecule has 2 N–H and O–H groups in total. The first kappa shape index (κ1) is 15.7. The van der Waals surface area contributed by atoms with Gasteiger partial charge in [-0.15, -0.1) is 6.58 Å². The van der Waals surface area contributed by atoms with Crippen LogP contribution in [-0.2, 0) is 0 Å². The van der Waals surface area contributed by atoms with Crippen molar-refractivity contribution < 1.29 is 5.11 Å². The number of unbranched alkanes of at least 4 members (excludes halogenated alkanes) is 3. The second-order valence-corrected chi connectivity index (χ2v) is 4.68. The number of nitrogens with one attached hydrogen (secondary N) is 1. The normalized spacial score (nSPS) is 11.7. The summed E-state index contributed by atoms with van der Waals surface area (Å²) in [5, 5.41) is 12.9. The van der Waals surface area contributed by atoms with E-state index in [1.165, 1.54) is 19.3 Å². The minimum Gasteiger partial charge on any atom is -0.396 e. The van der Waals surface area contributed by atoms with E-state index in [2.05, 4.69) is 25.7 Å². The average Bonchev–Trinajstić information content (AvgIpc) is 2.34. The quantitative estimate of drug-likeness (QED) is 0.420. The molecule has 0 aliphatic heterocycles. The Bertz CT molecular complexity index is 156. The van der Waals surface area contributed by atoms with Gasteiger partial charge in [0.25, 0.3) is 0 Å². The molecule has 0 heterocycles. The van der Waals surface area contributed by atoms with E-state index in [1.54, 1.807) is 0 Å². The third kappa shape index (κ3) is 6.29. The van der Waals surface area contributed by atoms with Crippen LogP contribution < -0.4 is 5.32 Å². The summed E-state index contributed by atoms with van der Waals surface area (Å²) in [4.78, 5) is 0. The van der Waals surface area contributed by atoms with Crippen LogP contribution in [0.2, 0.25) is 0 Å². The Kier molecular flexibility index (Phi) is 9.65. The van der Waals surface area contributed by atoms with Gasteiger partial charge in [-0.3, -0.25) is 0 Å². The maximum Gasteiger partial charge on any atom is 0.0499 e. The highest BCUT2D eigenvalue weighted by atomic mass is 16.3. The molecule has 0 aromatic heterocycles. The number of aliphatic hydroxyl groups excluding tert-OH is 1. The Morgan fingerprint density at radius 3 is 2.38 bits per heavy atom. The average molecular weight is 227 g/mol. The van der Waals surface area contributed by atoms with Crippen molar-refractivity contribution in [3.8, 4) is 0 Å². The van der Waals surface area contributed by atoms with Gasteiger partial charge in [-0.2, -0.15) is 0 Å². The SMILES string of the molecule is C=CCCCCCNCC(CC)(CC)CO. The fourth-order valence-corrected chi connectivity index (χ4v) is 1.85. The molecule has 0 aromatic carbocycles. The molecular formula is C14H29NO. The van der Waals surface area contributed by atoms with Crippen molar-refractivity contribution in [1.82, 2.24) is 5.32 Å². The number of hydrogen-bond donors (Lipinski definition) is 2. The zero-order valence-electron chi connectivity index (χ0n) is 11.1. The lowest BCUT2D eigenvalue weighted by Crippen LogP contribution is -2.36. The molecule has 0 saturated carbocycles. The molecule has 0 radical (unpaired) electrons. The first-order valence-corrected chi connectivity index (χ1v) is 6.67. The van der Waals surface area contributed by atoms with Gasteiger partial charge in [0.1, 0.15) is 0 Å². The molecule has 0 atom stereocenters. The van der Waals surface area contributed by atoms with Crippen LogP contribution in [0.15, 0.2) is 12.7 Å². The van der Waals surface area contributed by atoms with Crippen molar-refractivity contribution in [1.29, 1.82) is 0 Å². The molecule has 0 aromatic rings. The Balaban J connectivity index is 3.51. The number of allylic oxidation sites excluding steroid dienone is 1. The molecule has 0 amide bonds. The van der Waals surface area contributed by atoms with Crippen LogP contribution in [0, 0.1) is 5.41 Å². The Hall–Kier alpha value is -0.340. The second kappa shape index (κ2) is 9.86. The lowest BCUT2D eigenvalue weighted by Gasteiger charge is -2.29. The smallest absolute Gasteiger partial charge is 0.0499 e. The predicted molar refractivity (Wildman–Crippen MR) is 71.6 cm³/mol. The Labute approximate surface area is 101 Å². The summed E-state index contributed by atoms with van der Waals surface area (Å²) in [5.74, 6) is 0. The predicted octanol–water partition coefficient (Wildman–Crippen LogP) is 3.12. The molecule has 2 heteroatoms. The first-order valence-electron chi connectivity index (χ1n) is 6.67. The maximum absolute atomic E-state index is 9.40. The van der Waals surface area contributed by atoms with Gasteiger partial charge in [0.05, 0.1) is 0 Å². The molecule has 0 aliphatic carbocycles. The minimum absolute atomic E-state index is 0.0983. The van der Waals surface area contributed by atoms with E-state index in [4.69, 9.17) is 0 Å². The number of aliphatic hydroxyl groups is 1. The van der Waals surface area contributed by atoms with Gasteiger partial charge in [0, 0.05) is 18.6 Å². The van der Waals surface area contributed by atoms with Crippen molar-refractivity contribution in [2.45, 2.75) is 52.4 Å². The zero-order chi connectivity index (χ0) is 12.3. The van der Waals surface area contributed by atoms with E-state index in [0.29, 0.717) is 6.61 Å². The largest absolute Gasteiger partial charge is 0.396 e. The minimum atomic E-state index is 0.0983. The maximum atomic E-state index is 9.40. The fraction of sp³-hybridized carbons (Fsp3) is 0.857. The van der Waals surface area contributed by atoms with Crippen LogP contribution in [0.5, 0.6) is 0 Å². The van der Waals surface area contributed by atoms with Crippen LogP contribution in [0.1, 0.15) is 52.4 Å². The van der Waals surface area contributed by atoms with Crippen molar-refractivity contribution in [3.05, 3.63) is 12.7 Å². The summed E-state index contributed by atoms with van der Waals surface area (Å²) < 4.78 is 0. The molecule has 0 aliphatic rings. The van der Waals surface area contributed by atoms with Crippen LogP contribution in [0.4, 0.5) is 0 Å². The highest BCUT2D eigenvalue weighted by Gasteiger charge is 2.24. The standard InChI is InChI=1S/C14H29NO/c1-4-7-8-9-10-11-15-12-14(5-2,6-3)13-16/h4,15-16H,1,5-13H2,2-3H3. The molecule has 0 bridgehead atoms. The molecule has 2 nitrogen and oxygen atoms in total. The molecule has 0 saturated heterocycles.